The second-order valence-corrected chi connectivity index (χ2v) is 13.4. The van der Waals surface area contributed by atoms with Gasteiger partial charge in [-0.3, -0.25) is 0 Å². The van der Waals surface area contributed by atoms with Crippen molar-refractivity contribution in [1.29, 1.82) is 0 Å². The zero-order valence-electron chi connectivity index (χ0n) is 22.6. The van der Waals surface area contributed by atoms with Gasteiger partial charge >= 0.3 is 45.0 Å². The van der Waals surface area contributed by atoms with Gasteiger partial charge in [0.1, 0.15) is 30.7 Å². The van der Waals surface area contributed by atoms with Crippen LogP contribution in [0.4, 0.5) is 5.69 Å². The molecule has 0 radical (unpaired) electrons. The van der Waals surface area contributed by atoms with E-state index in [1.54, 1.807) is 58.5 Å². The molecule has 210 valence electrons. The first-order valence-electron chi connectivity index (χ1n) is 11.7. The number of aromatic amines is 1. The number of halogens is 1. The Balaban J connectivity index is 0.000000363. The van der Waals surface area contributed by atoms with Gasteiger partial charge in [-0.1, -0.05) is 25.6 Å². The molecule has 3 aromatic rings. The van der Waals surface area contributed by atoms with E-state index in [-0.39, 0.29) is 5.97 Å². The van der Waals surface area contributed by atoms with E-state index in [4.69, 9.17) is 24.7 Å². The van der Waals surface area contributed by atoms with Crippen molar-refractivity contribution in [3.8, 4) is 23.0 Å². The molecule has 0 unspecified atom stereocenters. The summed E-state index contributed by atoms with van der Waals surface area (Å²) >= 11 is 5.87. The molecule has 0 aliphatic heterocycles. The Hall–Kier alpha value is -2.65. The molecular formula is C27H34CuIN2O6Si. The third kappa shape index (κ3) is 9.91. The number of ether oxygens (including phenoxy) is 4. The van der Waals surface area contributed by atoms with Gasteiger partial charge in [-0.05, 0) is 32.0 Å². The molecule has 38 heavy (non-hydrogen) atoms. The molecule has 3 N–H and O–H groups in total. The molecule has 0 aliphatic rings. The van der Waals surface area contributed by atoms with E-state index in [2.05, 4.69) is 48.9 Å². The molecule has 0 saturated carbocycles. The predicted molar refractivity (Wildman–Crippen MR) is 158 cm³/mol. The van der Waals surface area contributed by atoms with Crippen LogP contribution in [0.15, 0.2) is 36.5 Å². The fourth-order valence-corrected chi connectivity index (χ4v) is 3.62. The molecule has 0 atom stereocenters. The molecule has 1 heterocycles. The molecular weight excluding hydrogens is 667 g/mol. The van der Waals surface area contributed by atoms with E-state index in [1.807, 2.05) is 12.3 Å². The summed E-state index contributed by atoms with van der Waals surface area (Å²) in [4.78, 5) is 26.6. The first-order valence-corrected chi connectivity index (χ1v) is 18.2. The zero-order chi connectivity index (χ0) is 28.9. The van der Waals surface area contributed by atoms with Crippen LogP contribution >= 0.6 is 20.3 Å². The molecule has 3 rings (SSSR count). The van der Waals surface area contributed by atoms with Crippen molar-refractivity contribution >= 4 is 56.9 Å². The van der Waals surface area contributed by atoms with Crippen LogP contribution in [0.5, 0.6) is 11.5 Å². The van der Waals surface area contributed by atoms with Crippen molar-refractivity contribution in [3.05, 3.63) is 53.2 Å². The number of fused-ring (bicyclic) bond motifs is 1. The maximum atomic E-state index is 11.9. The van der Waals surface area contributed by atoms with Crippen molar-refractivity contribution in [2.45, 2.75) is 33.5 Å². The number of carbonyl (C=O) groups excluding carboxylic acids is 2. The second kappa shape index (κ2) is 16.3. The number of benzene rings is 2. The Bertz CT molecular complexity index is 1290. The summed E-state index contributed by atoms with van der Waals surface area (Å²) in [5, 5.41) is 0.962. The van der Waals surface area contributed by atoms with E-state index in [0.717, 1.165) is 10.9 Å². The van der Waals surface area contributed by atoms with Crippen LogP contribution in [0.2, 0.25) is 19.6 Å². The number of hydrogen-bond acceptors (Lipinski definition) is 7. The number of rotatable bonds is 6. The van der Waals surface area contributed by atoms with Crippen LogP contribution in [-0.4, -0.2) is 52.4 Å². The van der Waals surface area contributed by atoms with Crippen LogP contribution in [0, 0.1) is 11.5 Å². The zero-order valence-corrected chi connectivity index (χ0v) is 26.7. The van der Waals surface area contributed by atoms with Gasteiger partial charge in [-0.15, -0.1) is 5.54 Å². The van der Waals surface area contributed by atoms with Crippen molar-refractivity contribution in [1.82, 2.24) is 4.98 Å². The number of carbonyl (C=O) groups is 2. The summed E-state index contributed by atoms with van der Waals surface area (Å²) in [6, 6.07) is 8.71. The van der Waals surface area contributed by atoms with Crippen LogP contribution in [0.3, 0.4) is 0 Å². The van der Waals surface area contributed by atoms with Crippen LogP contribution in [-0.2, 0) is 22.2 Å². The first-order chi connectivity index (χ1) is 18.0. The number of nitrogen functional groups attached to an aromatic ring is 1. The SMILES string of the molecule is CCOC(=O)c1cc(C#C[Si](C)(C)C)c(N)cc1OC.CCOC(=O)c1cc2cc[nH]c2cc1OC.[Cu][I]. The third-order valence-corrected chi connectivity index (χ3v) is 5.68. The number of H-pyrrole nitrogens is 1. The second-order valence-electron chi connectivity index (χ2n) is 8.70. The van der Waals surface area contributed by atoms with E-state index >= 15 is 0 Å². The Kier molecular flexibility index (Phi) is 14.4. The van der Waals surface area contributed by atoms with Crippen LogP contribution < -0.4 is 15.2 Å². The Morgan fingerprint density at radius 2 is 1.47 bits per heavy atom. The molecule has 0 saturated heterocycles. The van der Waals surface area contributed by atoms with Gasteiger partial charge in [-0.2, -0.15) is 0 Å². The number of aromatic nitrogens is 1. The molecule has 11 heteroatoms. The number of methoxy groups -OCH3 is 2. The standard InChI is InChI=1S/C15H21NO3Si.C12H13NO3.Cu.HI/c1-6-19-15(17)12-9-11(7-8-20(3,4)5)13(16)10-14(12)18-2;1-3-16-12(14)9-6-8-4-5-13-10(8)7-11(9)15-2;;/h9-10H,6,16H2,1-5H3;4-7,13H,3H2,1-2H3;;1H/q;;+1;/p-1. The van der Waals surface area contributed by atoms with Gasteiger partial charge in [0.05, 0.1) is 33.1 Å². The van der Waals surface area contributed by atoms with Crippen LogP contribution in [0.1, 0.15) is 40.1 Å². The minimum atomic E-state index is -1.51. The maximum absolute atomic E-state index is 11.9. The van der Waals surface area contributed by atoms with Crippen molar-refractivity contribution in [2.75, 3.05) is 33.2 Å². The van der Waals surface area contributed by atoms with Gasteiger partial charge in [-0.25, -0.2) is 9.59 Å². The Morgan fingerprint density at radius 3 is 1.97 bits per heavy atom. The average molecular weight is 701 g/mol. The van der Waals surface area contributed by atoms with E-state index in [0.29, 0.717) is 47.1 Å². The summed E-state index contributed by atoms with van der Waals surface area (Å²) in [6.07, 6.45) is 1.82. The molecule has 0 spiro atoms. The summed E-state index contributed by atoms with van der Waals surface area (Å²) in [7, 11) is 1.52. The molecule has 0 aliphatic carbocycles. The molecule has 8 nitrogen and oxygen atoms in total. The number of nitrogens with one attached hydrogen (secondary N) is 1. The summed E-state index contributed by atoms with van der Waals surface area (Å²) in [5.41, 5.74) is 12.1. The fraction of sp³-hybridized carbons (Fsp3) is 0.333. The van der Waals surface area contributed by atoms with E-state index in [9.17, 15) is 9.59 Å². The summed E-state index contributed by atoms with van der Waals surface area (Å²) in [5.74, 6) is 3.20. The molecule has 0 fully saturated rings. The van der Waals surface area contributed by atoms with Gasteiger partial charge in [0.15, 0.2) is 0 Å². The predicted octanol–water partition coefficient (Wildman–Crippen LogP) is 5.92. The van der Waals surface area contributed by atoms with Crippen molar-refractivity contribution in [3.63, 3.8) is 0 Å². The van der Waals surface area contributed by atoms with E-state index in [1.165, 1.54) is 14.2 Å². The van der Waals surface area contributed by atoms with Crippen LogP contribution in [0.25, 0.3) is 10.9 Å². The Labute approximate surface area is 244 Å². The molecule has 0 amide bonds. The number of nitrogens with two attached hydrogens (primary N) is 1. The van der Waals surface area contributed by atoms with Gasteiger partial charge in [0.2, 0.25) is 0 Å². The number of hydrogen-bond donors (Lipinski definition) is 2. The summed E-state index contributed by atoms with van der Waals surface area (Å²) < 4.78 is 20.3. The van der Waals surface area contributed by atoms with Gasteiger partial charge in [0, 0.05) is 34.8 Å². The van der Waals surface area contributed by atoms with Crippen molar-refractivity contribution in [2.24, 2.45) is 0 Å². The first kappa shape index (κ1) is 33.4. The van der Waals surface area contributed by atoms with E-state index < -0.39 is 14.0 Å². The number of anilines is 1. The third-order valence-electron chi connectivity index (χ3n) is 4.81. The molecule has 1 aromatic heterocycles. The van der Waals surface area contributed by atoms with Gasteiger partial charge < -0.3 is 29.7 Å². The van der Waals surface area contributed by atoms with Gasteiger partial charge in [0.25, 0.3) is 0 Å². The Morgan fingerprint density at radius 1 is 0.947 bits per heavy atom. The average Bonchev–Trinajstić information content (AvgIpc) is 3.35. The quantitative estimate of drug-likeness (QED) is 0.108. The summed E-state index contributed by atoms with van der Waals surface area (Å²) in [6.45, 7) is 10.6. The number of esters is 2. The normalized spacial score (nSPS) is 10.1. The molecule has 0 bridgehead atoms. The minimum absolute atomic E-state index is 0.308. The van der Waals surface area contributed by atoms with Crippen molar-refractivity contribution < 1.29 is 41.3 Å². The molecule has 2 aromatic carbocycles. The monoisotopic (exact) mass is 700 g/mol. The topological polar surface area (TPSA) is 113 Å². The fourth-order valence-electron chi connectivity index (χ4n) is 3.11.